The van der Waals surface area contributed by atoms with E-state index in [0.29, 0.717) is 0 Å². The first kappa shape index (κ1) is 5.72. The monoisotopic (exact) mass is 124 g/mol. The zero-order chi connectivity index (χ0) is 6.10. The molecular weight excluding hydrogens is 110 g/mol. The van der Waals surface area contributed by atoms with Crippen molar-refractivity contribution in [1.29, 1.82) is 0 Å². The molecule has 1 heteroatoms. The lowest BCUT2D eigenvalue weighted by Crippen LogP contribution is -2.25. The molecule has 51 valence electrons. The van der Waals surface area contributed by atoms with Gasteiger partial charge in [0.05, 0.1) is 0 Å². The van der Waals surface area contributed by atoms with Crippen molar-refractivity contribution in [3.63, 3.8) is 0 Å². The Balaban J connectivity index is 2.03. The summed E-state index contributed by atoms with van der Waals surface area (Å²) < 4.78 is 0. The van der Waals surface area contributed by atoms with Gasteiger partial charge in [-0.3, -0.25) is 0 Å². The van der Waals surface area contributed by atoms with Crippen LogP contribution in [0.1, 0.15) is 32.1 Å². The second-order valence-electron chi connectivity index (χ2n) is 3.32. The molecular formula is C8H14N. The van der Waals surface area contributed by atoms with Gasteiger partial charge in [0.25, 0.3) is 0 Å². The summed E-state index contributed by atoms with van der Waals surface area (Å²) in [5, 5.41) is 3.45. The first-order valence-electron chi connectivity index (χ1n) is 4.03. The molecule has 1 aliphatic carbocycles. The van der Waals surface area contributed by atoms with Gasteiger partial charge in [-0.25, -0.2) is 0 Å². The lowest BCUT2D eigenvalue weighted by Gasteiger charge is -2.21. The lowest BCUT2D eigenvalue weighted by atomic mass is 9.87. The highest BCUT2D eigenvalue weighted by Gasteiger charge is 2.23. The van der Waals surface area contributed by atoms with Crippen molar-refractivity contribution in [1.82, 2.24) is 5.32 Å². The molecule has 1 saturated carbocycles. The van der Waals surface area contributed by atoms with Gasteiger partial charge in [-0.1, -0.05) is 0 Å². The molecule has 0 unspecified atom stereocenters. The van der Waals surface area contributed by atoms with Crippen LogP contribution in [0.3, 0.4) is 0 Å². The van der Waals surface area contributed by atoms with Crippen molar-refractivity contribution in [2.45, 2.75) is 38.1 Å². The van der Waals surface area contributed by atoms with Gasteiger partial charge in [0, 0.05) is 12.6 Å². The van der Waals surface area contributed by atoms with Crippen LogP contribution >= 0.6 is 0 Å². The molecule has 1 nitrogen and oxygen atoms in total. The third kappa shape index (κ3) is 1.11. The highest BCUT2D eigenvalue weighted by Crippen LogP contribution is 2.30. The molecule has 1 radical (unpaired) electrons. The average molecular weight is 124 g/mol. The maximum atomic E-state index is 3.45. The lowest BCUT2D eigenvalue weighted by molar-refractivity contribution is 0.344. The predicted octanol–water partition coefficient (Wildman–Crippen LogP) is 1.70. The molecule has 0 aromatic carbocycles. The molecule has 0 aromatic rings. The average Bonchev–Trinajstić information content (AvgIpc) is 2.21. The van der Waals surface area contributed by atoms with Gasteiger partial charge in [0.15, 0.2) is 0 Å². The molecule has 2 saturated heterocycles. The summed E-state index contributed by atoms with van der Waals surface area (Å²) in [4.78, 5) is 0. The fraction of sp³-hybridized carbons (Fsp3) is 0.875. The Morgan fingerprint density at radius 3 is 2.67 bits per heavy atom. The summed E-state index contributed by atoms with van der Waals surface area (Å²) in [6, 6.07) is 0.837. The van der Waals surface area contributed by atoms with Crippen LogP contribution in [0, 0.1) is 12.5 Å². The number of nitrogens with one attached hydrogen (secondary N) is 1. The quantitative estimate of drug-likeness (QED) is 0.518. The topological polar surface area (TPSA) is 12.0 Å². The van der Waals surface area contributed by atoms with E-state index in [1.807, 2.05) is 0 Å². The van der Waals surface area contributed by atoms with E-state index >= 15 is 0 Å². The Bertz CT molecular complexity index is 75.2. The third-order valence-electron chi connectivity index (χ3n) is 2.65. The molecule has 0 aromatic heterocycles. The fourth-order valence-electron chi connectivity index (χ4n) is 1.97. The molecule has 2 aliphatic heterocycles. The Labute approximate surface area is 56.8 Å². The first-order valence-corrected chi connectivity index (χ1v) is 4.03. The molecule has 2 heterocycles. The minimum atomic E-state index is 0.837. The normalized spacial score (nSPS) is 42.7. The largest absolute Gasteiger partial charge is 0.310 e. The minimum absolute atomic E-state index is 0.837. The predicted molar refractivity (Wildman–Crippen MR) is 37.8 cm³/mol. The van der Waals surface area contributed by atoms with Crippen LogP contribution in [-0.4, -0.2) is 6.04 Å². The highest BCUT2D eigenvalue weighted by atomic mass is 14.9. The first-order chi connectivity index (χ1) is 4.45. The maximum Gasteiger partial charge on any atom is 0.0226 e. The molecule has 0 spiro atoms. The Morgan fingerprint density at radius 2 is 1.89 bits per heavy atom. The molecule has 0 atom stereocenters. The summed E-state index contributed by atoms with van der Waals surface area (Å²) in [5.74, 6) is 1.02. The van der Waals surface area contributed by atoms with Crippen LogP contribution in [0.4, 0.5) is 0 Å². The minimum Gasteiger partial charge on any atom is -0.310 e. The summed E-state index contributed by atoms with van der Waals surface area (Å²) in [7, 11) is 0. The smallest absolute Gasteiger partial charge is 0.0226 e. The second kappa shape index (κ2) is 2.30. The Hall–Kier alpha value is -0.0400. The van der Waals surface area contributed by atoms with Gasteiger partial charge in [0.2, 0.25) is 0 Å². The standard InChI is InChI=1S/C8H14N/c1-3-8-4-2-7(1)5-6-9-8/h6-9H,1-5H2. The SMILES string of the molecule is [CH]1CC2CCC(CC2)N1. The van der Waals surface area contributed by atoms with E-state index in [2.05, 4.69) is 11.9 Å². The number of fused-ring (bicyclic) bond motifs is 4. The summed E-state index contributed by atoms with van der Waals surface area (Å²) in [6.45, 7) is 2.27. The van der Waals surface area contributed by atoms with Crippen LogP contribution in [0.5, 0.6) is 0 Å². The van der Waals surface area contributed by atoms with Crippen LogP contribution in [0.25, 0.3) is 0 Å². The van der Waals surface area contributed by atoms with E-state index in [4.69, 9.17) is 0 Å². The van der Waals surface area contributed by atoms with E-state index < -0.39 is 0 Å². The molecule has 1 N–H and O–H groups in total. The van der Waals surface area contributed by atoms with Gasteiger partial charge in [0.1, 0.15) is 0 Å². The van der Waals surface area contributed by atoms with Crippen LogP contribution < -0.4 is 5.32 Å². The van der Waals surface area contributed by atoms with Crippen molar-refractivity contribution >= 4 is 0 Å². The molecule has 9 heavy (non-hydrogen) atoms. The second-order valence-corrected chi connectivity index (χ2v) is 3.32. The van der Waals surface area contributed by atoms with Crippen molar-refractivity contribution in [2.75, 3.05) is 0 Å². The fourth-order valence-corrected chi connectivity index (χ4v) is 1.97. The van der Waals surface area contributed by atoms with Crippen molar-refractivity contribution in [3.05, 3.63) is 6.54 Å². The van der Waals surface area contributed by atoms with E-state index in [-0.39, 0.29) is 0 Å². The number of hydrogen-bond donors (Lipinski definition) is 1. The maximum absolute atomic E-state index is 3.45. The summed E-state index contributed by atoms with van der Waals surface area (Å²) in [5.41, 5.74) is 0. The summed E-state index contributed by atoms with van der Waals surface area (Å²) in [6.07, 6.45) is 7.08. The van der Waals surface area contributed by atoms with Gasteiger partial charge < -0.3 is 5.32 Å². The van der Waals surface area contributed by atoms with Gasteiger partial charge in [-0.05, 0) is 38.0 Å². The number of hydrogen-bond acceptors (Lipinski definition) is 1. The third-order valence-corrected chi connectivity index (χ3v) is 2.65. The van der Waals surface area contributed by atoms with Gasteiger partial charge >= 0.3 is 0 Å². The van der Waals surface area contributed by atoms with Crippen LogP contribution in [-0.2, 0) is 0 Å². The van der Waals surface area contributed by atoms with E-state index in [1.165, 1.54) is 32.1 Å². The molecule has 3 rings (SSSR count). The Kier molecular flexibility index (Phi) is 1.46. The van der Waals surface area contributed by atoms with Crippen molar-refractivity contribution < 1.29 is 0 Å². The molecule has 0 amide bonds. The van der Waals surface area contributed by atoms with Gasteiger partial charge in [-0.2, -0.15) is 0 Å². The Morgan fingerprint density at radius 1 is 1.11 bits per heavy atom. The zero-order valence-corrected chi connectivity index (χ0v) is 5.77. The zero-order valence-electron chi connectivity index (χ0n) is 5.77. The number of rotatable bonds is 0. The van der Waals surface area contributed by atoms with Crippen LogP contribution in [0.2, 0.25) is 0 Å². The highest BCUT2D eigenvalue weighted by molar-refractivity contribution is 4.86. The van der Waals surface area contributed by atoms with Crippen molar-refractivity contribution in [2.24, 2.45) is 5.92 Å². The van der Waals surface area contributed by atoms with E-state index in [0.717, 1.165) is 12.0 Å². The van der Waals surface area contributed by atoms with E-state index in [9.17, 15) is 0 Å². The summed E-state index contributed by atoms with van der Waals surface area (Å²) >= 11 is 0. The molecule has 3 aliphatic rings. The van der Waals surface area contributed by atoms with Gasteiger partial charge in [-0.15, -0.1) is 0 Å². The molecule has 2 bridgehead atoms. The van der Waals surface area contributed by atoms with Crippen molar-refractivity contribution in [3.8, 4) is 0 Å². The van der Waals surface area contributed by atoms with E-state index in [1.54, 1.807) is 0 Å². The van der Waals surface area contributed by atoms with Crippen LogP contribution in [0.15, 0.2) is 0 Å². The molecule has 3 fully saturated rings.